The molecule has 84 valence electrons. The number of pyridine rings is 1. The summed E-state index contributed by atoms with van der Waals surface area (Å²) in [6, 6.07) is 4.01. The van der Waals surface area contributed by atoms with Crippen LogP contribution in [0, 0.1) is 12.8 Å². The summed E-state index contributed by atoms with van der Waals surface area (Å²) in [4.78, 5) is 4.46. The highest BCUT2D eigenvalue weighted by Gasteiger charge is 2.06. The maximum Gasteiger partial charge on any atom is 0.140 e. The van der Waals surface area contributed by atoms with Crippen molar-refractivity contribution in [2.75, 3.05) is 11.9 Å². The van der Waals surface area contributed by atoms with Gasteiger partial charge in [-0.3, -0.25) is 4.98 Å². The van der Waals surface area contributed by atoms with E-state index < -0.39 is 0 Å². The van der Waals surface area contributed by atoms with Gasteiger partial charge in [-0.15, -0.1) is 0 Å². The second-order valence-electron chi connectivity index (χ2n) is 3.82. The van der Waals surface area contributed by atoms with Crippen LogP contribution >= 0.6 is 15.9 Å². The summed E-state index contributed by atoms with van der Waals surface area (Å²) in [5.74, 6) is 1.45. The fourth-order valence-corrected chi connectivity index (χ4v) is 1.45. The third-order valence-corrected chi connectivity index (χ3v) is 3.30. The molecule has 0 aromatic carbocycles. The highest BCUT2D eigenvalue weighted by atomic mass is 79.9. The first-order valence-electron chi connectivity index (χ1n) is 5.32. The normalized spacial score (nSPS) is 12.5. The molecule has 0 bridgehead atoms. The van der Waals surface area contributed by atoms with E-state index in [-0.39, 0.29) is 0 Å². The summed E-state index contributed by atoms with van der Waals surface area (Å²) in [6.07, 6.45) is 0.916. The van der Waals surface area contributed by atoms with Crippen LogP contribution in [0.4, 0.5) is 0 Å². The molecule has 0 N–H and O–H groups in total. The highest BCUT2D eigenvalue weighted by Crippen LogP contribution is 2.18. The lowest BCUT2D eigenvalue weighted by Gasteiger charge is -2.13. The van der Waals surface area contributed by atoms with E-state index in [1.807, 2.05) is 19.1 Å². The Hall–Kier alpha value is -0.570. The maximum atomic E-state index is 5.74. The molecule has 1 heterocycles. The average Bonchev–Trinajstić information content (AvgIpc) is 2.26. The molecule has 2 nitrogen and oxygen atoms in total. The van der Waals surface area contributed by atoms with E-state index in [0.29, 0.717) is 5.92 Å². The first kappa shape index (κ1) is 12.5. The molecule has 1 aromatic heterocycles. The largest absolute Gasteiger partial charge is 0.491 e. The van der Waals surface area contributed by atoms with E-state index in [2.05, 4.69) is 34.8 Å². The van der Waals surface area contributed by atoms with Crippen molar-refractivity contribution in [3.63, 3.8) is 0 Å². The Balaban J connectivity index is 2.67. The minimum atomic E-state index is 0.524. The molecule has 0 fully saturated rings. The summed E-state index contributed by atoms with van der Waals surface area (Å²) < 4.78 is 5.74. The van der Waals surface area contributed by atoms with Crippen LogP contribution in [0.15, 0.2) is 12.1 Å². The number of nitrogens with zero attached hydrogens (tertiary/aromatic N) is 1. The van der Waals surface area contributed by atoms with Gasteiger partial charge in [-0.05, 0) is 31.4 Å². The quantitative estimate of drug-likeness (QED) is 0.767. The number of aryl methyl sites for hydroxylation is 2. The van der Waals surface area contributed by atoms with Crippen molar-refractivity contribution in [1.82, 2.24) is 4.98 Å². The van der Waals surface area contributed by atoms with Gasteiger partial charge < -0.3 is 4.74 Å². The van der Waals surface area contributed by atoms with Gasteiger partial charge in [0.05, 0.1) is 12.3 Å². The zero-order valence-corrected chi connectivity index (χ0v) is 11.2. The van der Waals surface area contributed by atoms with Crippen LogP contribution in [0.3, 0.4) is 0 Å². The monoisotopic (exact) mass is 271 g/mol. The van der Waals surface area contributed by atoms with Gasteiger partial charge in [0.1, 0.15) is 5.75 Å². The van der Waals surface area contributed by atoms with Crippen molar-refractivity contribution < 1.29 is 4.74 Å². The van der Waals surface area contributed by atoms with E-state index in [4.69, 9.17) is 4.74 Å². The lowest BCUT2D eigenvalue weighted by Crippen LogP contribution is -2.11. The molecule has 0 aliphatic carbocycles. The summed E-state index contributed by atoms with van der Waals surface area (Å²) in [6.45, 7) is 7.00. The minimum Gasteiger partial charge on any atom is -0.491 e. The van der Waals surface area contributed by atoms with Crippen molar-refractivity contribution >= 4 is 15.9 Å². The Morgan fingerprint density at radius 3 is 2.80 bits per heavy atom. The molecule has 15 heavy (non-hydrogen) atoms. The van der Waals surface area contributed by atoms with Gasteiger partial charge in [0, 0.05) is 11.0 Å². The summed E-state index contributed by atoms with van der Waals surface area (Å²) >= 11 is 3.44. The van der Waals surface area contributed by atoms with Crippen molar-refractivity contribution in [3.05, 3.63) is 23.5 Å². The van der Waals surface area contributed by atoms with Gasteiger partial charge in [0.25, 0.3) is 0 Å². The Kier molecular flexibility index (Phi) is 5.09. The molecular weight excluding hydrogens is 254 g/mol. The molecule has 1 unspecified atom stereocenters. The Bertz CT molecular complexity index is 314. The molecular formula is C12H18BrNO. The molecule has 0 amide bonds. The van der Waals surface area contributed by atoms with Crippen LogP contribution in [-0.4, -0.2) is 16.9 Å². The lowest BCUT2D eigenvalue weighted by atomic mass is 10.2. The van der Waals surface area contributed by atoms with E-state index in [1.54, 1.807) is 0 Å². The Morgan fingerprint density at radius 2 is 2.20 bits per heavy atom. The number of alkyl halides is 1. The highest BCUT2D eigenvalue weighted by molar-refractivity contribution is 9.09. The van der Waals surface area contributed by atoms with Crippen molar-refractivity contribution in [2.45, 2.75) is 27.2 Å². The number of ether oxygens (including phenoxy) is 1. The molecule has 0 radical (unpaired) electrons. The number of halogens is 1. The standard InChI is InChI=1S/C12H18BrNO/c1-4-11-12(6-5-10(3)14-11)15-8-9(2)7-13/h5-6,9H,4,7-8H2,1-3H3. The topological polar surface area (TPSA) is 22.1 Å². The van der Waals surface area contributed by atoms with Crippen molar-refractivity contribution in [2.24, 2.45) is 5.92 Å². The smallest absolute Gasteiger partial charge is 0.140 e. The lowest BCUT2D eigenvalue weighted by molar-refractivity contribution is 0.270. The molecule has 0 saturated carbocycles. The fourth-order valence-electron chi connectivity index (χ4n) is 1.26. The molecule has 0 spiro atoms. The van der Waals surface area contributed by atoms with Crippen LogP contribution in [0.1, 0.15) is 25.2 Å². The summed E-state index contributed by atoms with van der Waals surface area (Å²) in [5, 5.41) is 0.966. The van der Waals surface area contributed by atoms with Crippen LogP contribution in [-0.2, 0) is 6.42 Å². The van der Waals surface area contributed by atoms with Crippen LogP contribution in [0.5, 0.6) is 5.75 Å². The maximum absolute atomic E-state index is 5.74. The number of rotatable bonds is 5. The Labute approximate surface area is 100 Å². The van der Waals surface area contributed by atoms with Crippen LogP contribution in [0.2, 0.25) is 0 Å². The second-order valence-corrected chi connectivity index (χ2v) is 4.47. The summed E-state index contributed by atoms with van der Waals surface area (Å²) in [5.41, 5.74) is 2.10. The van der Waals surface area contributed by atoms with Crippen molar-refractivity contribution in [1.29, 1.82) is 0 Å². The van der Waals surface area contributed by atoms with E-state index >= 15 is 0 Å². The molecule has 1 atom stereocenters. The predicted molar refractivity (Wildman–Crippen MR) is 66.8 cm³/mol. The zero-order chi connectivity index (χ0) is 11.3. The molecule has 0 aliphatic rings. The molecule has 0 aliphatic heterocycles. The van der Waals surface area contributed by atoms with E-state index in [9.17, 15) is 0 Å². The van der Waals surface area contributed by atoms with Gasteiger partial charge in [-0.25, -0.2) is 0 Å². The second kappa shape index (κ2) is 6.11. The number of hydrogen-bond acceptors (Lipinski definition) is 2. The Morgan fingerprint density at radius 1 is 1.47 bits per heavy atom. The third-order valence-electron chi connectivity index (χ3n) is 2.19. The van der Waals surface area contributed by atoms with Crippen LogP contribution < -0.4 is 4.74 Å². The SMILES string of the molecule is CCc1nc(C)ccc1OCC(C)CBr. The fraction of sp³-hybridized carbons (Fsp3) is 0.583. The van der Waals surface area contributed by atoms with E-state index in [1.165, 1.54) is 0 Å². The third kappa shape index (κ3) is 3.82. The predicted octanol–water partition coefficient (Wildman–Crippen LogP) is 3.36. The zero-order valence-electron chi connectivity index (χ0n) is 9.59. The van der Waals surface area contributed by atoms with Gasteiger partial charge in [-0.1, -0.05) is 29.8 Å². The van der Waals surface area contributed by atoms with Gasteiger partial charge in [0.15, 0.2) is 0 Å². The first-order valence-corrected chi connectivity index (χ1v) is 6.44. The summed E-state index contributed by atoms with van der Waals surface area (Å²) in [7, 11) is 0. The molecule has 3 heteroatoms. The van der Waals surface area contributed by atoms with Gasteiger partial charge in [-0.2, -0.15) is 0 Å². The number of aromatic nitrogens is 1. The molecule has 0 saturated heterocycles. The number of hydrogen-bond donors (Lipinski definition) is 0. The first-order chi connectivity index (χ1) is 7.17. The minimum absolute atomic E-state index is 0.524. The van der Waals surface area contributed by atoms with Crippen molar-refractivity contribution in [3.8, 4) is 5.75 Å². The van der Waals surface area contributed by atoms with Gasteiger partial charge in [0.2, 0.25) is 0 Å². The average molecular weight is 272 g/mol. The molecule has 1 aromatic rings. The van der Waals surface area contributed by atoms with Crippen LogP contribution in [0.25, 0.3) is 0 Å². The molecule has 1 rings (SSSR count). The van der Waals surface area contributed by atoms with E-state index in [0.717, 1.165) is 35.5 Å². The van der Waals surface area contributed by atoms with Gasteiger partial charge >= 0.3 is 0 Å².